The van der Waals surface area contributed by atoms with Gasteiger partial charge in [0, 0.05) is 5.56 Å². The van der Waals surface area contributed by atoms with E-state index in [4.69, 9.17) is 4.74 Å². The Bertz CT molecular complexity index is 405. The van der Waals surface area contributed by atoms with Crippen molar-refractivity contribution in [3.63, 3.8) is 0 Å². The Balaban J connectivity index is 2.44. The Morgan fingerprint density at radius 2 is 2.20 bits per heavy atom. The highest BCUT2D eigenvalue weighted by atomic mass is 19.2. The molecule has 0 bridgehead atoms. The molecule has 0 unspecified atom stereocenters. The van der Waals surface area contributed by atoms with Gasteiger partial charge in [0.15, 0.2) is 0 Å². The maximum absolute atomic E-state index is 14.2. The molecular weight excluding hydrogens is 202 g/mol. The van der Waals surface area contributed by atoms with Gasteiger partial charge in [-0.25, -0.2) is 4.39 Å². The number of hydrogen-bond acceptors (Lipinski definition) is 2. The van der Waals surface area contributed by atoms with Gasteiger partial charge in [0.2, 0.25) is 5.67 Å². The number of carbonyl (C=O) groups excluding carboxylic acids is 1. The minimum atomic E-state index is -2.33. The van der Waals surface area contributed by atoms with Crippen LogP contribution in [0.25, 0.3) is 0 Å². The summed E-state index contributed by atoms with van der Waals surface area (Å²) in [7, 11) is 0. The van der Waals surface area contributed by atoms with Crippen LogP contribution in [0.15, 0.2) is 24.3 Å². The molecule has 2 atom stereocenters. The average Bonchev–Trinajstić information content (AvgIpc) is 2.39. The van der Waals surface area contributed by atoms with Gasteiger partial charge in [0.25, 0.3) is 6.36 Å². The summed E-state index contributed by atoms with van der Waals surface area (Å²) in [6, 6.07) is 6.15. The first-order valence-electron chi connectivity index (χ1n) is 4.62. The number of ether oxygens (including phenoxy) is 1. The molecule has 1 aromatic rings. The largest absolute Gasteiger partial charge is 0.456 e. The van der Waals surface area contributed by atoms with Crippen LogP contribution in [-0.4, -0.2) is 12.1 Å². The molecule has 0 aromatic heterocycles. The number of ketones is 1. The molecule has 1 aromatic carbocycles. The molecule has 80 valence electrons. The Labute approximate surface area is 85.9 Å². The molecule has 0 amide bonds. The van der Waals surface area contributed by atoms with Crippen LogP contribution >= 0.6 is 0 Å². The Morgan fingerprint density at radius 1 is 1.53 bits per heavy atom. The van der Waals surface area contributed by atoms with Gasteiger partial charge >= 0.3 is 0 Å². The number of hydrogen-bond donors (Lipinski definition) is 0. The number of halogens is 2. The number of rotatable bonds is 2. The first-order chi connectivity index (χ1) is 7.04. The van der Waals surface area contributed by atoms with Crippen LogP contribution in [0.3, 0.4) is 0 Å². The molecular formula is C11H10F2O2. The van der Waals surface area contributed by atoms with Crippen molar-refractivity contribution < 1.29 is 18.3 Å². The van der Waals surface area contributed by atoms with E-state index < -0.39 is 24.2 Å². The van der Waals surface area contributed by atoms with E-state index in [0.29, 0.717) is 0 Å². The predicted octanol–water partition coefficient (Wildman–Crippen LogP) is 2.52. The normalized spacial score (nSPS) is 28.3. The smallest absolute Gasteiger partial charge is 0.276 e. The second-order valence-electron chi connectivity index (χ2n) is 3.67. The van der Waals surface area contributed by atoms with Crippen LogP contribution < -0.4 is 4.74 Å². The van der Waals surface area contributed by atoms with Crippen LogP contribution in [0, 0.1) is 0 Å². The topological polar surface area (TPSA) is 26.3 Å². The maximum Gasteiger partial charge on any atom is 0.276 e. The molecule has 1 aliphatic rings. The monoisotopic (exact) mass is 212 g/mol. The lowest BCUT2D eigenvalue weighted by molar-refractivity contribution is -0.125. The summed E-state index contributed by atoms with van der Waals surface area (Å²) in [6.07, 6.45) is -2.59. The molecule has 2 nitrogen and oxygen atoms in total. The zero-order valence-electron chi connectivity index (χ0n) is 8.17. The molecule has 0 saturated heterocycles. The molecule has 0 saturated carbocycles. The lowest BCUT2D eigenvalue weighted by Crippen LogP contribution is -2.32. The van der Waals surface area contributed by atoms with Crippen molar-refractivity contribution in [1.82, 2.24) is 0 Å². The van der Waals surface area contributed by atoms with Crippen molar-refractivity contribution in [2.45, 2.75) is 25.4 Å². The lowest BCUT2D eigenvalue weighted by Gasteiger charge is -2.19. The summed E-state index contributed by atoms with van der Waals surface area (Å²) in [5.74, 6) is -0.228. The zero-order chi connectivity index (χ0) is 11.1. The van der Waals surface area contributed by atoms with E-state index in [1.807, 2.05) is 0 Å². The minimum absolute atomic E-state index is 0.118. The molecule has 0 radical (unpaired) electrons. The fourth-order valence-corrected chi connectivity index (χ4v) is 1.78. The van der Waals surface area contributed by atoms with Gasteiger partial charge < -0.3 is 4.74 Å². The summed E-state index contributed by atoms with van der Waals surface area (Å²) in [6.45, 7) is 1.23. The van der Waals surface area contributed by atoms with Gasteiger partial charge in [0.1, 0.15) is 11.5 Å². The summed E-state index contributed by atoms with van der Waals surface area (Å²) < 4.78 is 32.3. The van der Waals surface area contributed by atoms with E-state index in [-0.39, 0.29) is 11.3 Å². The minimum Gasteiger partial charge on any atom is -0.456 e. The Morgan fingerprint density at radius 3 is 2.87 bits per heavy atom. The predicted molar refractivity (Wildman–Crippen MR) is 50.1 cm³/mol. The average molecular weight is 212 g/mol. The first-order valence-corrected chi connectivity index (χ1v) is 4.62. The van der Waals surface area contributed by atoms with E-state index in [9.17, 15) is 13.6 Å². The SMILES string of the molecule is CC(=O)C[C@]1(F)c2ccccc2O[C@@H]1F. The summed E-state index contributed by atoms with van der Waals surface area (Å²) in [5.41, 5.74) is -2.21. The highest BCUT2D eigenvalue weighted by Gasteiger charge is 2.51. The van der Waals surface area contributed by atoms with Crippen LogP contribution in [-0.2, 0) is 10.5 Å². The molecule has 4 heteroatoms. The lowest BCUT2D eigenvalue weighted by atomic mass is 9.92. The fraction of sp³-hybridized carbons (Fsp3) is 0.364. The Hall–Kier alpha value is -1.45. The van der Waals surface area contributed by atoms with Crippen molar-refractivity contribution in [2.24, 2.45) is 0 Å². The molecule has 1 aliphatic heterocycles. The molecule has 0 aliphatic carbocycles. The third-order valence-electron chi connectivity index (χ3n) is 2.43. The van der Waals surface area contributed by atoms with E-state index >= 15 is 0 Å². The highest BCUT2D eigenvalue weighted by Crippen LogP contribution is 2.46. The van der Waals surface area contributed by atoms with Gasteiger partial charge in [-0.3, -0.25) is 4.79 Å². The number of carbonyl (C=O) groups is 1. The van der Waals surface area contributed by atoms with Crippen LogP contribution in [0.5, 0.6) is 5.75 Å². The molecule has 0 fully saturated rings. The van der Waals surface area contributed by atoms with Gasteiger partial charge in [-0.1, -0.05) is 18.2 Å². The number of alkyl halides is 2. The number of para-hydroxylation sites is 1. The summed E-state index contributed by atoms with van der Waals surface area (Å²) in [4.78, 5) is 10.9. The second kappa shape index (κ2) is 3.29. The first kappa shape index (κ1) is 10.1. The standard InChI is InChI=1S/C11H10F2O2/c1-7(14)6-11(13)8-4-2-3-5-9(8)15-10(11)12/h2-5,10H,6H2,1H3/t10-,11-/m0/s1. The van der Waals surface area contributed by atoms with Gasteiger partial charge in [-0.05, 0) is 13.0 Å². The quantitative estimate of drug-likeness (QED) is 0.752. The van der Waals surface area contributed by atoms with Crippen LogP contribution in [0.4, 0.5) is 8.78 Å². The third-order valence-corrected chi connectivity index (χ3v) is 2.43. The Kier molecular flexibility index (Phi) is 2.21. The van der Waals surface area contributed by atoms with Crippen molar-refractivity contribution >= 4 is 5.78 Å². The highest BCUT2D eigenvalue weighted by molar-refractivity contribution is 5.77. The van der Waals surface area contributed by atoms with E-state index in [1.165, 1.54) is 19.1 Å². The van der Waals surface area contributed by atoms with Crippen molar-refractivity contribution in [3.05, 3.63) is 29.8 Å². The third kappa shape index (κ3) is 1.50. The molecule has 0 spiro atoms. The van der Waals surface area contributed by atoms with Gasteiger partial charge in [0.05, 0.1) is 6.42 Å². The van der Waals surface area contributed by atoms with Crippen LogP contribution in [0.1, 0.15) is 18.9 Å². The molecule has 1 heterocycles. The fourth-order valence-electron chi connectivity index (χ4n) is 1.78. The number of Topliss-reactive ketones (excluding diaryl/α,β-unsaturated/α-hetero) is 1. The van der Waals surface area contributed by atoms with E-state index in [2.05, 4.69) is 0 Å². The molecule has 15 heavy (non-hydrogen) atoms. The second-order valence-corrected chi connectivity index (χ2v) is 3.67. The number of fused-ring (bicyclic) bond motifs is 1. The van der Waals surface area contributed by atoms with Crippen molar-refractivity contribution in [3.8, 4) is 5.75 Å². The zero-order valence-corrected chi connectivity index (χ0v) is 8.17. The van der Waals surface area contributed by atoms with E-state index in [1.54, 1.807) is 12.1 Å². The van der Waals surface area contributed by atoms with Crippen molar-refractivity contribution in [2.75, 3.05) is 0 Å². The molecule has 0 N–H and O–H groups in total. The van der Waals surface area contributed by atoms with E-state index in [0.717, 1.165) is 0 Å². The number of benzene rings is 1. The van der Waals surface area contributed by atoms with Gasteiger partial charge in [-0.2, -0.15) is 4.39 Å². The van der Waals surface area contributed by atoms with Crippen LogP contribution in [0.2, 0.25) is 0 Å². The van der Waals surface area contributed by atoms with Gasteiger partial charge in [-0.15, -0.1) is 0 Å². The molecule has 2 rings (SSSR count). The maximum atomic E-state index is 14.2. The summed E-state index contributed by atoms with van der Waals surface area (Å²) in [5, 5.41) is 0. The van der Waals surface area contributed by atoms with Crippen molar-refractivity contribution in [1.29, 1.82) is 0 Å². The summed E-state index contributed by atoms with van der Waals surface area (Å²) >= 11 is 0.